The normalized spacial score (nSPS) is 16.9. The van der Waals surface area contributed by atoms with E-state index in [1.54, 1.807) is 0 Å². The SMILES string of the molecule is Fc1ccc(CCNCCC2CCNCC2)cc1. The van der Waals surface area contributed by atoms with Crippen LogP contribution in [0.1, 0.15) is 24.8 Å². The van der Waals surface area contributed by atoms with Crippen LogP contribution in [0.4, 0.5) is 4.39 Å². The second-order valence-electron chi connectivity index (χ2n) is 5.11. The highest BCUT2D eigenvalue weighted by atomic mass is 19.1. The Morgan fingerprint density at radius 2 is 1.83 bits per heavy atom. The van der Waals surface area contributed by atoms with Gasteiger partial charge in [-0.3, -0.25) is 0 Å². The van der Waals surface area contributed by atoms with Crippen molar-refractivity contribution in [2.45, 2.75) is 25.7 Å². The van der Waals surface area contributed by atoms with Crippen molar-refractivity contribution in [1.29, 1.82) is 0 Å². The molecular weight excluding hydrogens is 227 g/mol. The Morgan fingerprint density at radius 1 is 1.11 bits per heavy atom. The second-order valence-corrected chi connectivity index (χ2v) is 5.11. The Balaban J connectivity index is 1.54. The van der Waals surface area contributed by atoms with Gasteiger partial charge in [-0.15, -0.1) is 0 Å². The second kappa shape index (κ2) is 7.49. The quantitative estimate of drug-likeness (QED) is 0.757. The number of halogens is 1. The van der Waals surface area contributed by atoms with E-state index >= 15 is 0 Å². The van der Waals surface area contributed by atoms with Crippen molar-refractivity contribution in [3.8, 4) is 0 Å². The fraction of sp³-hybridized carbons (Fsp3) is 0.600. The number of hydrogen-bond acceptors (Lipinski definition) is 2. The molecule has 1 saturated heterocycles. The summed E-state index contributed by atoms with van der Waals surface area (Å²) in [5.74, 6) is 0.738. The van der Waals surface area contributed by atoms with Crippen molar-refractivity contribution in [2.75, 3.05) is 26.2 Å². The maximum absolute atomic E-state index is 12.7. The first-order valence-corrected chi connectivity index (χ1v) is 7.00. The molecule has 18 heavy (non-hydrogen) atoms. The average molecular weight is 250 g/mol. The van der Waals surface area contributed by atoms with Gasteiger partial charge < -0.3 is 10.6 Å². The van der Waals surface area contributed by atoms with E-state index < -0.39 is 0 Å². The topological polar surface area (TPSA) is 24.1 Å². The minimum absolute atomic E-state index is 0.155. The van der Waals surface area contributed by atoms with Crippen LogP contribution in [0.25, 0.3) is 0 Å². The molecule has 0 aromatic heterocycles. The largest absolute Gasteiger partial charge is 0.317 e. The van der Waals surface area contributed by atoms with E-state index in [2.05, 4.69) is 10.6 Å². The predicted molar refractivity (Wildman–Crippen MR) is 73.2 cm³/mol. The maximum atomic E-state index is 12.7. The zero-order valence-electron chi connectivity index (χ0n) is 10.9. The first-order chi connectivity index (χ1) is 8.84. The third-order valence-electron chi connectivity index (χ3n) is 3.69. The lowest BCUT2D eigenvalue weighted by Crippen LogP contribution is -2.30. The number of rotatable bonds is 6. The molecule has 3 heteroatoms. The van der Waals surface area contributed by atoms with Crippen molar-refractivity contribution in [3.05, 3.63) is 35.6 Å². The molecule has 1 aliphatic rings. The summed E-state index contributed by atoms with van der Waals surface area (Å²) in [6, 6.07) is 6.79. The van der Waals surface area contributed by atoms with E-state index in [1.807, 2.05) is 12.1 Å². The van der Waals surface area contributed by atoms with Crippen LogP contribution in [0.3, 0.4) is 0 Å². The van der Waals surface area contributed by atoms with Crippen molar-refractivity contribution >= 4 is 0 Å². The van der Waals surface area contributed by atoms with Crippen LogP contribution in [-0.2, 0) is 6.42 Å². The molecular formula is C15H23FN2. The molecule has 1 aromatic carbocycles. The lowest BCUT2D eigenvalue weighted by atomic mass is 9.95. The van der Waals surface area contributed by atoms with E-state index in [1.165, 1.54) is 50.0 Å². The van der Waals surface area contributed by atoms with Gasteiger partial charge in [0.25, 0.3) is 0 Å². The summed E-state index contributed by atoms with van der Waals surface area (Å²) in [6.45, 7) is 4.45. The Hall–Kier alpha value is -0.930. The van der Waals surface area contributed by atoms with Crippen LogP contribution in [0, 0.1) is 11.7 Å². The molecule has 1 fully saturated rings. The standard InChI is InChI=1S/C15H23FN2/c16-15-3-1-13(2-4-15)5-9-17-10-6-14-7-11-18-12-8-14/h1-4,14,17-18H,5-12H2. The summed E-state index contributed by atoms with van der Waals surface area (Å²) in [5.41, 5.74) is 1.20. The van der Waals surface area contributed by atoms with E-state index in [9.17, 15) is 4.39 Å². The Kier molecular flexibility index (Phi) is 5.62. The lowest BCUT2D eigenvalue weighted by molar-refractivity contribution is 0.349. The van der Waals surface area contributed by atoms with Gasteiger partial charge in [0, 0.05) is 0 Å². The van der Waals surface area contributed by atoms with Crippen LogP contribution in [-0.4, -0.2) is 26.2 Å². The van der Waals surface area contributed by atoms with Crippen molar-refractivity contribution in [3.63, 3.8) is 0 Å². The molecule has 0 saturated carbocycles. The van der Waals surface area contributed by atoms with Crippen molar-refractivity contribution < 1.29 is 4.39 Å². The monoisotopic (exact) mass is 250 g/mol. The molecule has 1 heterocycles. The molecule has 1 aromatic rings. The zero-order chi connectivity index (χ0) is 12.6. The average Bonchev–Trinajstić information content (AvgIpc) is 2.42. The molecule has 0 atom stereocenters. The molecule has 100 valence electrons. The summed E-state index contributed by atoms with van der Waals surface area (Å²) in [6.07, 6.45) is 4.90. The summed E-state index contributed by atoms with van der Waals surface area (Å²) < 4.78 is 12.7. The number of nitrogens with one attached hydrogen (secondary N) is 2. The summed E-state index contributed by atoms with van der Waals surface area (Å²) in [5, 5.41) is 6.87. The predicted octanol–water partition coefficient (Wildman–Crippen LogP) is 2.35. The van der Waals surface area contributed by atoms with Crippen LogP contribution >= 0.6 is 0 Å². The molecule has 0 aliphatic carbocycles. The molecule has 2 nitrogen and oxygen atoms in total. The molecule has 2 rings (SSSR count). The summed E-state index contributed by atoms with van der Waals surface area (Å²) in [7, 11) is 0. The molecule has 0 radical (unpaired) electrons. The Morgan fingerprint density at radius 3 is 2.56 bits per heavy atom. The van der Waals surface area contributed by atoms with E-state index in [0.29, 0.717) is 0 Å². The van der Waals surface area contributed by atoms with Crippen molar-refractivity contribution in [1.82, 2.24) is 10.6 Å². The molecule has 1 aliphatic heterocycles. The fourth-order valence-electron chi connectivity index (χ4n) is 2.49. The van der Waals surface area contributed by atoms with E-state index in [-0.39, 0.29) is 5.82 Å². The van der Waals surface area contributed by atoms with Gasteiger partial charge in [0.1, 0.15) is 5.82 Å². The maximum Gasteiger partial charge on any atom is 0.123 e. The summed E-state index contributed by atoms with van der Waals surface area (Å²) in [4.78, 5) is 0. The van der Waals surface area contributed by atoms with Gasteiger partial charge in [0.05, 0.1) is 0 Å². The van der Waals surface area contributed by atoms with Gasteiger partial charge in [0.2, 0.25) is 0 Å². The van der Waals surface area contributed by atoms with Crippen LogP contribution in [0.5, 0.6) is 0 Å². The van der Waals surface area contributed by atoms with Gasteiger partial charge in [-0.25, -0.2) is 4.39 Å². The lowest BCUT2D eigenvalue weighted by Gasteiger charge is -2.22. The van der Waals surface area contributed by atoms with Gasteiger partial charge in [-0.05, 0) is 75.5 Å². The van der Waals surface area contributed by atoms with Gasteiger partial charge in [0.15, 0.2) is 0 Å². The van der Waals surface area contributed by atoms with Gasteiger partial charge in [-0.1, -0.05) is 12.1 Å². The first kappa shape index (κ1) is 13.5. The number of piperidine rings is 1. The highest BCUT2D eigenvalue weighted by Crippen LogP contribution is 2.14. The number of benzene rings is 1. The highest BCUT2D eigenvalue weighted by molar-refractivity contribution is 5.16. The Bertz CT molecular complexity index is 331. The molecule has 2 N–H and O–H groups in total. The minimum Gasteiger partial charge on any atom is -0.317 e. The number of hydrogen-bond donors (Lipinski definition) is 2. The molecule has 0 unspecified atom stereocenters. The zero-order valence-corrected chi connectivity index (χ0v) is 10.9. The van der Waals surface area contributed by atoms with Crippen LogP contribution in [0.2, 0.25) is 0 Å². The smallest absolute Gasteiger partial charge is 0.123 e. The van der Waals surface area contributed by atoms with Crippen LogP contribution < -0.4 is 10.6 Å². The van der Waals surface area contributed by atoms with Gasteiger partial charge >= 0.3 is 0 Å². The highest BCUT2D eigenvalue weighted by Gasteiger charge is 2.11. The molecule has 0 amide bonds. The molecule has 0 spiro atoms. The summed E-state index contributed by atoms with van der Waals surface area (Å²) >= 11 is 0. The first-order valence-electron chi connectivity index (χ1n) is 7.00. The van der Waals surface area contributed by atoms with Gasteiger partial charge in [-0.2, -0.15) is 0 Å². The third kappa shape index (κ3) is 4.75. The minimum atomic E-state index is -0.155. The van der Waals surface area contributed by atoms with E-state index in [0.717, 1.165) is 25.4 Å². The van der Waals surface area contributed by atoms with E-state index in [4.69, 9.17) is 0 Å². The fourth-order valence-corrected chi connectivity index (χ4v) is 2.49. The van der Waals surface area contributed by atoms with Crippen LogP contribution in [0.15, 0.2) is 24.3 Å². The Labute approximate surface area is 109 Å². The third-order valence-corrected chi connectivity index (χ3v) is 3.69. The molecule has 0 bridgehead atoms. The van der Waals surface area contributed by atoms with Crippen molar-refractivity contribution in [2.24, 2.45) is 5.92 Å².